The molecular weight excluding hydrogens is 346 g/mol. The molecule has 0 aliphatic carbocycles. The Labute approximate surface area is 157 Å². The average Bonchev–Trinajstić information content (AvgIpc) is 3.19. The highest BCUT2D eigenvalue weighted by Gasteiger charge is 2.06. The van der Waals surface area contributed by atoms with Gasteiger partial charge in [-0.05, 0) is 36.8 Å². The summed E-state index contributed by atoms with van der Waals surface area (Å²) in [5.41, 5.74) is 3.19. The fraction of sp³-hybridized carbons (Fsp3) is 0.263. The van der Waals surface area contributed by atoms with Crippen molar-refractivity contribution in [3.63, 3.8) is 0 Å². The van der Waals surface area contributed by atoms with Crippen molar-refractivity contribution in [2.24, 2.45) is 0 Å². The van der Waals surface area contributed by atoms with E-state index in [9.17, 15) is 4.79 Å². The molecular formula is C19H21N5OS. The van der Waals surface area contributed by atoms with Gasteiger partial charge in [-0.15, -0.1) is 10.2 Å². The molecule has 1 N–H and O–H groups in total. The van der Waals surface area contributed by atoms with E-state index in [1.54, 1.807) is 35.6 Å². The fourth-order valence-corrected chi connectivity index (χ4v) is 3.37. The molecule has 0 unspecified atom stereocenters. The van der Waals surface area contributed by atoms with Crippen LogP contribution in [0.15, 0.2) is 55.2 Å². The Morgan fingerprint density at radius 3 is 2.77 bits per heavy atom. The molecule has 7 heteroatoms. The van der Waals surface area contributed by atoms with Crippen molar-refractivity contribution in [1.82, 2.24) is 25.1 Å². The van der Waals surface area contributed by atoms with Crippen LogP contribution in [0.3, 0.4) is 0 Å². The summed E-state index contributed by atoms with van der Waals surface area (Å²) in [6, 6.07) is 12.1. The van der Waals surface area contributed by atoms with Gasteiger partial charge < -0.3 is 5.32 Å². The molecule has 134 valence electrons. The van der Waals surface area contributed by atoms with Gasteiger partial charge in [0.05, 0.1) is 5.56 Å². The van der Waals surface area contributed by atoms with E-state index in [2.05, 4.69) is 51.7 Å². The molecule has 0 bridgehead atoms. The molecule has 3 rings (SSSR count). The number of carbonyl (C=O) groups excluding carboxylic acids is 1. The summed E-state index contributed by atoms with van der Waals surface area (Å²) in [7, 11) is 0. The summed E-state index contributed by atoms with van der Waals surface area (Å²) in [5.74, 6) is 2.60. The number of nitrogens with zero attached hydrogens (tertiary/aromatic N) is 4. The van der Waals surface area contributed by atoms with E-state index in [1.165, 1.54) is 11.1 Å². The van der Waals surface area contributed by atoms with Crippen LogP contribution in [0.2, 0.25) is 0 Å². The summed E-state index contributed by atoms with van der Waals surface area (Å²) in [6.45, 7) is 2.77. The Balaban J connectivity index is 1.36. The molecule has 1 amide bonds. The van der Waals surface area contributed by atoms with Crippen molar-refractivity contribution in [2.45, 2.75) is 19.1 Å². The van der Waals surface area contributed by atoms with E-state index < -0.39 is 0 Å². The van der Waals surface area contributed by atoms with Crippen LogP contribution in [0.5, 0.6) is 0 Å². The van der Waals surface area contributed by atoms with Crippen molar-refractivity contribution < 1.29 is 4.79 Å². The number of pyridine rings is 1. The highest BCUT2D eigenvalue weighted by molar-refractivity contribution is 7.98. The molecule has 3 aromatic rings. The number of aryl methyl sites for hydroxylation is 1. The van der Waals surface area contributed by atoms with E-state index in [1.807, 2.05) is 11.8 Å². The van der Waals surface area contributed by atoms with Crippen LogP contribution in [0.25, 0.3) is 5.82 Å². The van der Waals surface area contributed by atoms with Crippen LogP contribution in [0.1, 0.15) is 27.9 Å². The Hall–Kier alpha value is -2.67. The molecule has 0 saturated carbocycles. The zero-order chi connectivity index (χ0) is 18.2. The summed E-state index contributed by atoms with van der Waals surface area (Å²) >= 11 is 1.88. The first-order valence-corrected chi connectivity index (χ1v) is 9.60. The van der Waals surface area contributed by atoms with E-state index in [0.29, 0.717) is 17.9 Å². The van der Waals surface area contributed by atoms with E-state index in [0.717, 1.165) is 17.9 Å². The van der Waals surface area contributed by atoms with E-state index >= 15 is 0 Å². The second-order valence-corrected chi connectivity index (χ2v) is 7.03. The maximum atomic E-state index is 12.1. The highest BCUT2D eigenvalue weighted by Crippen LogP contribution is 2.14. The third-order valence-corrected chi connectivity index (χ3v) is 4.91. The van der Waals surface area contributed by atoms with Crippen LogP contribution in [-0.2, 0) is 5.75 Å². The molecule has 2 aromatic heterocycles. The normalized spacial score (nSPS) is 10.7. The number of carbonyl (C=O) groups is 1. The van der Waals surface area contributed by atoms with Crippen molar-refractivity contribution in [2.75, 3.05) is 12.3 Å². The molecule has 0 radical (unpaired) electrons. The quantitative estimate of drug-likeness (QED) is 0.620. The van der Waals surface area contributed by atoms with Gasteiger partial charge in [-0.1, -0.05) is 29.8 Å². The number of rotatable bonds is 8. The van der Waals surface area contributed by atoms with E-state index in [-0.39, 0.29) is 5.91 Å². The molecule has 1 aromatic carbocycles. The van der Waals surface area contributed by atoms with Crippen molar-refractivity contribution in [3.8, 4) is 5.82 Å². The van der Waals surface area contributed by atoms with Crippen LogP contribution in [0.4, 0.5) is 0 Å². The van der Waals surface area contributed by atoms with Gasteiger partial charge in [0.1, 0.15) is 18.5 Å². The minimum Gasteiger partial charge on any atom is -0.352 e. The predicted octanol–water partition coefficient (Wildman–Crippen LogP) is 3.02. The first-order valence-electron chi connectivity index (χ1n) is 8.45. The Bertz CT molecular complexity index is 833. The van der Waals surface area contributed by atoms with Crippen molar-refractivity contribution >= 4 is 17.7 Å². The maximum absolute atomic E-state index is 12.1. The molecule has 0 saturated heterocycles. The number of aromatic nitrogens is 4. The van der Waals surface area contributed by atoms with Crippen LogP contribution >= 0.6 is 11.8 Å². The molecule has 0 spiro atoms. The lowest BCUT2D eigenvalue weighted by atomic mass is 10.2. The molecule has 6 nitrogen and oxygen atoms in total. The van der Waals surface area contributed by atoms with Crippen LogP contribution in [-0.4, -0.2) is 38.0 Å². The number of hydrogen-bond acceptors (Lipinski definition) is 5. The lowest BCUT2D eigenvalue weighted by Gasteiger charge is -2.06. The second-order valence-electron chi connectivity index (χ2n) is 5.93. The van der Waals surface area contributed by atoms with E-state index in [4.69, 9.17) is 0 Å². The average molecular weight is 367 g/mol. The van der Waals surface area contributed by atoms with Crippen LogP contribution in [0, 0.1) is 6.92 Å². The summed E-state index contributed by atoms with van der Waals surface area (Å²) in [4.78, 5) is 16.4. The van der Waals surface area contributed by atoms with Gasteiger partial charge in [0.2, 0.25) is 0 Å². The lowest BCUT2D eigenvalue weighted by molar-refractivity contribution is 0.0953. The molecule has 0 aliphatic rings. The van der Waals surface area contributed by atoms with Gasteiger partial charge in [0, 0.05) is 18.5 Å². The Morgan fingerprint density at radius 2 is 2.04 bits per heavy atom. The molecule has 0 fully saturated rings. The highest BCUT2D eigenvalue weighted by atomic mass is 32.2. The first kappa shape index (κ1) is 18.1. The number of amides is 1. The standard InChI is InChI=1S/C19H21N5OS/c1-15-4-2-5-16(10-15)12-26-9-3-8-20-19(25)17-6-7-18(21-11-17)24-13-22-23-14-24/h2,4-7,10-11,13-14H,3,8-9,12H2,1H3,(H,20,25). The molecule has 2 heterocycles. The first-order chi connectivity index (χ1) is 12.7. The van der Waals surface area contributed by atoms with Gasteiger partial charge >= 0.3 is 0 Å². The smallest absolute Gasteiger partial charge is 0.252 e. The molecule has 26 heavy (non-hydrogen) atoms. The fourth-order valence-electron chi connectivity index (χ4n) is 2.46. The summed E-state index contributed by atoms with van der Waals surface area (Å²) < 4.78 is 1.69. The lowest BCUT2D eigenvalue weighted by Crippen LogP contribution is -2.25. The predicted molar refractivity (Wildman–Crippen MR) is 103 cm³/mol. The monoisotopic (exact) mass is 367 g/mol. The molecule has 0 aliphatic heterocycles. The van der Waals surface area contributed by atoms with Gasteiger partial charge in [-0.25, -0.2) is 4.98 Å². The largest absolute Gasteiger partial charge is 0.352 e. The maximum Gasteiger partial charge on any atom is 0.252 e. The zero-order valence-corrected chi connectivity index (χ0v) is 15.4. The number of hydrogen-bond donors (Lipinski definition) is 1. The second kappa shape index (κ2) is 9.15. The minimum absolute atomic E-state index is 0.100. The SMILES string of the molecule is Cc1cccc(CSCCCNC(=O)c2ccc(-n3cnnc3)nc2)c1. The van der Waals surface area contributed by atoms with Gasteiger partial charge in [-0.3, -0.25) is 9.36 Å². The summed E-state index contributed by atoms with van der Waals surface area (Å²) in [6.07, 6.45) is 5.64. The van der Waals surface area contributed by atoms with Gasteiger partial charge in [0.25, 0.3) is 5.91 Å². The van der Waals surface area contributed by atoms with Crippen molar-refractivity contribution in [3.05, 3.63) is 71.9 Å². The Morgan fingerprint density at radius 1 is 1.19 bits per heavy atom. The van der Waals surface area contributed by atoms with Gasteiger partial charge in [0.15, 0.2) is 0 Å². The van der Waals surface area contributed by atoms with Gasteiger partial charge in [-0.2, -0.15) is 11.8 Å². The Kier molecular flexibility index (Phi) is 6.38. The molecule has 0 atom stereocenters. The third-order valence-electron chi connectivity index (χ3n) is 3.80. The van der Waals surface area contributed by atoms with Crippen LogP contribution < -0.4 is 5.32 Å². The zero-order valence-electron chi connectivity index (χ0n) is 14.6. The number of thioether (sulfide) groups is 1. The number of nitrogens with one attached hydrogen (secondary N) is 1. The topological polar surface area (TPSA) is 72.7 Å². The minimum atomic E-state index is -0.100. The summed E-state index contributed by atoms with van der Waals surface area (Å²) in [5, 5.41) is 10.4. The number of benzene rings is 1. The van der Waals surface area contributed by atoms with Crippen molar-refractivity contribution in [1.29, 1.82) is 0 Å². The third kappa shape index (κ3) is 5.16.